The molecule has 0 radical (unpaired) electrons. The first-order chi connectivity index (χ1) is 12.4. The average molecular weight is 378 g/mol. The van der Waals surface area contributed by atoms with E-state index in [0.29, 0.717) is 12.0 Å². The minimum absolute atomic E-state index is 0.0641. The summed E-state index contributed by atoms with van der Waals surface area (Å²) in [6.07, 6.45) is 6.34. The molecule has 3 atom stereocenters. The van der Waals surface area contributed by atoms with Gasteiger partial charge < -0.3 is 26.4 Å². The molecule has 0 aromatic carbocycles. The van der Waals surface area contributed by atoms with Gasteiger partial charge in [-0.1, -0.05) is 23.7 Å². The molecule has 0 amide bonds. The van der Waals surface area contributed by atoms with E-state index in [-0.39, 0.29) is 29.9 Å². The first-order valence-electron chi connectivity index (χ1n) is 8.13. The molecule has 1 aliphatic carbocycles. The van der Waals surface area contributed by atoms with Crippen LogP contribution in [0.3, 0.4) is 0 Å². The Bertz CT molecular complexity index is 804. The number of anilines is 2. The maximum absolute atomic E-state index is 10.8. The molecule has 0 aliphatic heterocycles. The number of rotatable bonds is 5. The van der Waals surface area contributed by atoms with Crippen molar-refractivity contribution in [2.24, 2.45) is 5.92 Å². The Labute approximate surface area is 155 Å². The SMILES string of the molecule is Nc1nc(Cl)c(C=Cc2cccnc2)c(NC2(O)CCC(CO)C2O)n1. The molecule has 0 spiro atoms. The van der Waals surface area contributed by atoms with Crippen molar-refractivity contribution < 1.29 is 15.3 Å². The lowest BCUT2D eigenvalue weighted by molar-refractivity contribution is -0.0545. The highest BCUT2D eigenvalue weighted by Crippen LogP contribution is 2.37. The smallest absolute Gasteiger partial charge is 0.223 e. The molecular formula is C17H20ClN5O3. The summed E-state index contributed by atoms with van der Waals surface area (Å²) < 4.78 is 0. The Morgan fingerprint density at radius 1 is 1.38 bits per heavy atom. The van der Waals surface area contributed by atoms with Gasteiger partial charge in [0, 0.05) is 24.9 Å². The van der Waals surface area contributed by atoms with E-state index in [1.54, 1.807) is 30.6 Å². The molecule has 2 heterocycles. The van der Waals surface area contributed by atoms with Gasteiger partial charge in [-0.2, -0.15) is 4.98 Å². The lowest BCUT2D eigenvalue weighted by atomic mass is 10.0. The van der Waals surface area contributed by atoms with Crippen molar-refractivity contribution >= 4 is 35.5 Å². The number of nitrogens with two attached hydrogens (primary N) is 1. The van der Waals surface area contributed by atoms with Crippen LogP contribution in [0.2, 0.25) is 5.15 Å². The molecule has 3 rings (SSSR count). The van der Waals surface area contributed by atoms with Gasteiger partial charge in [0.1, 0.15) is 17.1 Å². The van der Waals surface area contributed by atoms with Gasteiger partial charge in [-0.15, -0.1) is 0 Å². The van der Waals surface area contributed by atoms with Crippen LogP contribution in [-0.2, 0) is 0 Å². The van der Waals surface area contributed by atoms with E-state index < -0.39 is 17.7 Å². The van der Waals surface area contributed by atoms with Gasteiger partial charge in [0.2, 0.25) is 5.95 Å². The van der Waals surface area contributed by atoms with Crippen molar-refractivity contribution in [1.29, 1.82) is 0 Å². The molecule has 3 unspecified atom stereocenters. The Hall–Kier alpha value is -2.26. The largest absolute Gasteiger partial charge is 0.396 e. The first kappa shape index (κ1) is 18.5. The molecule has 8 nitrogen and oxygen atoms in total. The van der Waals surface area contributed by atoms with Crippen molar-refractivity contribution in [2.45, 2.75) is 24.7 Å². The van der Waals surface area contributed by atoms with Crippen molar-refractivity contribution in [3.8, 4) is 0 Å². The number of aliphatic hydroxyl groups is 3. The van der Waals surface area contributed by atoms with Gasteiger partial charge in [0.15, 0.2) is 5.72 Å². The Balaban J connectivity index is 1.93. The molecule has 1 fully saturated rings. The molecule has 9 heteroatoms. The van der Waals surface area contributed by atoms with Crippen LogP contribution in [0.15, 0.2) is 24.5 Å². The standard InChI is InChI=1S/C17H20ClN5O3/c18-14-12(4-3-10-2-1-7-20-8-10)15(22-16(19)21-14)23-17(26)6-5-11(9-24)13(17)25/h1-4,7-8,11,13,24-26H,5-6,9H2,(H3,19,21,22,23). The number of hydrogen-bond acceptors (Lipinski definition) is 8. The topological polar surface area (TPSA) is 137 Å². The summed E-state index contributed by atoms with van der Waals surface area (Å²) in [5.74, 6) is -0.287. The van der Waals surface area contributed by atoms with Crippen LogP contribution < -0.4 is 11.1 Å². The maximum atomic E-state index is 10.8. The number of halogens is 1. The second-order valence-corrected chi connectivity index (χ2v) is 6.59. The fourth-order valence-electron chi connectivity index (χ4n) is 2.99. The minimum atomic E-state index is -1.64. The third-order valence-corrected chi connectivity index (χ3v) is 4.73. The van der Waals surface area contributed by atoms with Crippen LogP contribution in [-0.4, -0.2) is 48.7 Å². The quantitative estimate of drug-likeness (QED) is 0.386. The normalized spacial score (nSPS) is 25.7. The summed E-state index contributed by atoms with van der Waals surface area (Å²) in [6.45, 7) is -0.217. The minimum Gasteiger partial charge on any atom is -0.396 e. The number of nitrogens with one attached hydrogen (secondary N) is 1. The third kappa shape index (κ3) is 3.78. The number of aromatic nitrogens is 3. The number of pyridine rings is 1. The van der Waals surface area contributed by atoms with E-state index in [2.05, 4.69) is 20.3 Å². The van der Waals surface area contributed by atoms with E-state index in [1.165, 1.54) is 0 Å². The lowest BCUT2D eigenvalue weighted by Gasteiger charge is -2.30. The fraction of sp³-hybridized carbons (Fsp3) is 0.353. The highest BCUT2D eigenvalue weighted by molar-refractivity contribution is 6.31. The number of nitrogens with zero attached hydrogens (tertiary/aromatic N) is 3. The van der Waals surface area contributed by atoms with Gasteiger partial charge in [-0.3, -0.25) is 4.98 Å². The predicted molar refractivity (Wildman–Crippen MR) is 99.0 cm³/mol. The summed E-state index contributed by atoms with van der Waals surface area (Å²) in [4.78, 5) is 12.1. The zero-order valence-electron chi connectivity index (χ0n) is 13.9. The van der Waals surface area contributed by atoms with Crippen LogP contribution in [0.5, 0.6) is 0 Å². The van der Waals surface area contributed by atoms with Gasteiger partial charge >= 0.3 is 0 Å². The van der Waals surface area contributed by atoms with Crippen LogP contribution in [0, 0.1) is 5.92 Å². The lowest BCUT2D eigenvalue weighted by Crippen LogP contribution is -2.48. The molecule has 2 aromatic heterocycles. The van der Waals surface area contributed by atoms with E-state index in [1.807, 2.05) is 6.07 Å². The van der Waals surface area contributed by atoms with Crippen LogP contribution >= 0.6 is 11.6 Å². The zero-order valence-corrected chi connectivity index (χ0v) is 14.6. The van der Waals surface area contributed by atoms with E-state index in [0.717, 1.165) is 5.56 Å². The Morgan fingerprint density at radius 3 is 2.85 bits per heavy atom. The highest BCUT2D eigenvalue weighted by atomic mass is 35.5. The molecule has 0 saturated heterocycles. The zero-order chi connectivity index (χ0) is 18.7. The maximum Gasteiger partial charge on any atom is 0.223 e. The van der Waals surface area contributed by atoms with Crippen molar-refractivity contribution in [3.63, 3.8) is 0 Å². The van der Waals surface area contributed by atoms with Crippen molar-refractivity contribution in [3.05, 3.63) is 40.8 Å². The molecule has 2 aromatic rings. The van der Waals surface area contributed by atoms with Gasteiger partial charge in [0.25, 0.3) is 0 Å². The van der Waals surface area contributed by atoms with Crippen molar-refractivity contribution in [1.82, 2.24) is 15.0 Å². The fourth-order valence-corrected chi connectivity index (χ4v) is 3.23. The third-order valence-electron chi connectivity index (χ3n) is 4.44. The number of nitrogen functional groups attached to an aromatic ring is 1. The summed E-state index contributed by atoms with van der Waals surface area (Å²) in [5.41, 5.74) is 5.29. The van der Waals surface area contributed by atoms with Crippen LogP contribution in [0.1, 0.15) is 24.0 Å². The van der Waals surface area contributed by atoms with Crippen LogP contribution in [0.4, 0.5) is 11.8 Å². The molecular weight excluding hydrogens is 358 g/mol. The van der Waals surface area contributed by atoms with E-state index >= 15 is 0 Å². The van der Waals surface area contributed by atoms with Gasteiger partial charge in [0.05, 0.1) is 5.56 Å². The first-order valence-corrected chi connectivity index (χ1v) is 8.51. The van der Waals surface area contributed by atoms with E-state index in [9.17, 15) is 15.3 Å². The molecule has 1 saturated carbocycles. The van der Waals surface area contributed by atoms with Crippen molar-refractivity contribution in [2.75, 3.05) is 17.7 Å². The molecule has 0 bridgehead atoms. The Kier molecular flexibility index (Phi) is 5.38. The molecule has 6 N–H and O–H groups in total. The molecule has 1 aliphatic rings. The Morgan fingerprint density at radius 2 is 2.19 bits per heavy atom. The summed E-state index contributed by atoms with van der Waals surface area (Å²) in [6, 6.07) is 3.66. The number of hydrogen-bond donors (Lipinski definition) is 5. The molecule has 26 heavy (non-hydrogen) atoms. The summed E-state index contributed by atoms with van der Waals surface area (Å²) in [5, 5.41) is 33.3. The van der Waals surface area contributed by atoms with Crippen LogP contribution in [0.25, 0.3) is 12.2 Å². The highest BCUT2D eigenvalue weighted by Gasteiger charge is 2.47. The monoisotopic (exact) mass is 377 g/mol. The average Bonchev–Trinajstić information content (AvgIpc) is 2.89. The molecule has 138 valence electrons. The number of aliphatic hydroxyl groups excluding tert-OH is 2. The summed E-state index contributed by atoms with van der Waals surface area (Å²) in [7, 11) is 0. The van der Waals surface area contributed by atoms with Gasteiger partial charge in [-0.25, -0.2) is 4.98 Å². The van der Waals surface area contributed by atoms with E-state index in [4.69, 9.17) is 17.3 Å². The predicted octanol–water partition coefficient (Wildman–Crippen LogP) is 1.14. The second-order valence-electron chi connectivity index (χ2n) is 6.23. The summed E-state index contributed by atoms with van der Waals surface area (Å²) >= 11 is 6.20. The van der Waals surface area contributed by atoms with Gasteiger partial charge in [-0.05, 0) is 30.5 Å². The second kappa shape index (κ2) is 7.55.